The lowest BCUT2D eigenvalue weighted by atomic mass is 9.92. The minimum absolute atomic E-state index is 0.0486. The van der Waals surface area contributed by atoms with Crippen LogP contribution in [0.4, 0.5) is 4.39 Å². The largest absolute Gasteiger partial charge is 0.395 e. The molecule has 28 heavy (non-hydrogen) atoms. The summed E-state index contributed by atoms with van der Waals surface area (Å²) in [7, 11) is 0. The molecule has 0 aromatic heterocycles. The molecule has 148 valence electrons. The molecule has 2 fully saturated rings. The van der Waals surface area contributed by atoms with E-state index in [1.54, 1.807) is 17.8 Å². The minimum Gasteiger partial charge on any atom is -0.395 e. The highest BCUT2D eigenvalue weighted by Gasteiger charge is 2.47. The SMILES string of the molecule is CC1(CO)CC(=N)N(CC2(c3ccc(-c4ccccc4)c(F)c3)CC2)CCS1. The molecule has 4 rings (SSSR count). The molecule has 0 bridgehead atoms. The molecule has 0 amide bonds. The van der Waals surface area contributed by atoms with Crippen LogP contribution >= 0.6 is 11.8 Å². The fourth-order valence-corrected chi connectivity index (χ4v) is 5.22. The first-order valence-electron chi connectivity index (χ1n) is 9.87. The maximum atomic E-state index is 14.9. The van der Waals surface area contributed by atoms with Crippen LogP contribution < -0.4 is 0 Å². The Morgan fingerprint density at radius 2 is 1.93 bits per heavy atom. The molecule has 1 unspecified atom stereocenters. The van der Waals surface area contributed by atoms with Gasteiger partial charge in [-0.15, -0.1) is 0 Å². The van der Waals surface area contributed by atoms with E-state index in [9.17, 15) is 9.50 Å². The summed E-state index contributed by atoms with van der Waals surface area (Å²) in [4.78, 5) is 2.14. The summed E-state index contributed by atoms with van der Waals surface area (Å²) in [6, 6.07) is 15.3. The maximum Gasteiger partial charge on any atom is 0.131 e. The first-order valence-corrected chi connectivity index (χ1v) is 10.9. The van der Waals surface area contributed by atoms with Gasteiger partial charge in [-0.1, -0.05) is 42.5 Å². The third-order valence-corrected chi connectivity index (χ3v) is 7.44. The molecular formula is C23H27FN2OS. The monoisotopic (exact) mass is 398 g/mol. The Morgan fingerprint density at radius 3 is 2.57 bits per heavy atom. The minimum atomic E-state index is -0.272. The summed E-state index contributed by atoms with van der Waals surface area (Å²) in [6.45, 7) is 3.69. The zero-order chi connectivity index (χ0) is 19.8. The number of aliphatic hydroxyl groups excluding tert-OH is 1. The Balaban J connectivity index is 1.53. The Kier molecular flexibility index (Phi) is 5.23. The Hall–Kier alpha value is -1.85. The second-order valence-electron chi connectivity index (χ2n) is 8.34. The summed E-state index contributed by atoms with van der Waals surface area (Å²) in [6.07, 6.45) is 2.64. The van der Waals surface area contributed by atoms with Gasteiger partial charge in [0.15, 0.2) is 0 Å². The topological polar surface area (TPSA) is 47.3 Å². The van der Waals surface area contributed by atoms with Crippen molar-refractivity contribution in [2.75, 3.05) is 25.4 Å². The summed E-state index contributed by atoms with van der Waals surface area (Å²) in [5, 5.41) is 18.2. The van der Waals surface area contributed by atoms with Gasteiger partial charge in [0, 0.05) is 41.0 Å². The van der Waals surface area contributed by atoms with Gasteiger partial charge in [0.05, 0.1) is 12.4 Å². The van der Waals surface area contributed by atoms with E-state index in [1.165, 1.54) is 0 Å². The number of rotatable bonds is 5. The van der Waals surface area contributed by atoms with Crippen LogP contribution in [0, 0.1) is 11.2 Å². The smallest absolute Gasteiger partial charge is 0.131 e. The highest BCUT2D eigenvalue weighted by molar-refractivity contribution is 8.00. The molecule has 1 saturated heterocycles. The third-order valence-electron chi connectivity index (χ3n) is 6.08. The quantitative estimate of drug-likeness (QED) is 0.768. The summed E-state index contributed by atoms with van der Waals surface area (Å²) < 4.78 is 14.6. The van der Waals surface area contributed by atoms with Crippen LogP contribution in [0.2, 0.25) is 0 Å². The van der Waals surface area contributed by atoms with E-state index in [0.29, 0.717) is 17.8 Å². The van der Waals surface area contributed by atoms with E-state index in [4.69, 9.17) is 5.41 Å². The van der Waals surface area contributed by atoms with Gasteiger partial charge in [-0.25, -0.2) is 4.39 Å². The average Bonchev–Trinajstić information content (AvgIpc) is 3.49. The highest BCUT2D eigenvalue weighted by Crippen LogP contribution is 2.50. The number of halogens is 1. The number of hydrogen-bond donors (Lipinski definition) is 2. The van der Waals surface area contributed by atoms with Gasteiger partial charge < -0.3 is 10.0 Å². The zero-order valence-electron chi connectivity index (χ0n) is 16.2. The number of nitrogens with one attached hydrogen (secondary N) is 1. The van der Waals surface area contributed by atoms with Crippen molar-refractivity contribution in [2.24, 2.45) is 0 Å². The van der Waals surface area contributed by atoms with Crippen LogP contribution in [0.15, 0.2) is 48.5 Å². The number of thioether (sulfide) groups is 1. The fraction of sp³-hybridized carbons (Fsp3) is 0.435. The lowest BCUT2D eigenvalue weighted by Gasteiger charge is -2.30. The van der Waals surface area contributed by atoms with Gasteiger partial charge in [0.1, 0.15) is 5.82 Å². The Bertz CT molecular complexity index is 868. The number of benzene rings is 2. The van der Waals surface area contributed by atoms with Crippen molar-refractivity contribution in [1.82, 2.24) is 4.90 Å². The molecule has 1 saturated carbocycles. The maximum absolute atomic E-state index is 14.9. The molecule has 2 aromatic rings. The van der Waals surface area contributed by atoms with E-state index < -0.39 is 0 Å². The van der Waals surface area contributed by atoms with Gasteiger partial charge in [-0.05, 0) is 37.0 Å². The highest BCUT2D eigenvalue weighted by atomic mass is 32.2. The fourth-order valence-electron chi connectivity index (χ4n) is 4.08. The van der Waals surface area contributed by atoms with Gasteiger partial charge in [0.25, 0.3) is 0 Å². The van der Waals surface area contributed by atoms with Crippen molar-refractivity contribution in [3.05, 3.63) is 59.9 Å². The molecular weight excluding hydrogens is 371 g/mol. The third kappa shape index (κ3) is 3.83. The molecule has 3 nitrogen and oxygen atoms in total. The van der Waals surface area contributed by atoms with Crippen molar-refractivity contribution in [1.29, 1.82) is 5.41 Å². The van der Waals surface area contributed by atoms with Crippen LogP contribution in [0.1, 0.15) is 31.7 Å². The first-order chi connectivity index (χ1) is 13.4. The van der Waals surface area contributed by atoms with Gasteiger partial charge >= 0.3 is 0 Å². The second-order valence-corrected chi connectivity index (χ2v) is 10.0. The van der Waals surface area contributed by atoms with Crippen LogP contribution in [-0.2, 0) is 5.41 Å². The molecule has 2 N–H and O–H groups in total. The van der Waals surface area contributed by atoms with Gasteiger partial charge in [-0.3, -0.25) is 5.41 Å². The van der Waals surface area contributed by atoms with E-state index in [2.05, 4.69) is 11.0 Å². The summed E-state index contributed by atoms with van der Waals surface area (Å²) in [5.74, 6) is 1.31. The van der Waals surface area contributed by atoms with E-state index in [0.717, 1.165) is 42.8 Å². The molecule has 5 heteroatoms. The summed E-state index contributed by atoms with van der Waals surface area (Å²) >= 11 is 1.75. The standard InChI is InChI=1S/C23H27FN2OS/c1-22(16-27)14-21(25)26(11-12-28-22)15-23(9-10-23)18-7-8-19(20(24)13-18)17-5-3-2-4-6-17/h2-8,13,25,27H,9-12,14-16H2,1H3. The molecule has 1 aliphatic carbocycles. The van der Waals surface area contributed by atoms with Gasteiger partial charge in [-0.2, -0.15) is 11.8 Å². The number of aliphatic hydroxyl groups is 1. The second kappa shape index (κ2) is 7.53. The van der Waals surface area contributed by atoms with Crippen LogP contribution in [0.5, 0.6) is 0 Å². The predicted molar refractivity (Wildman–Crippen MR) is 115 cm³/mol. The van der Waals surface area contributed by atoms with Crippen molar-refractivity contribution < 1.29 is 9.50 Å². The molecule has 1 atom stereocenters. The van der Waals surface area contributed by atoms with Crippen molar-refractivity contribution in [2.45, 2.75) is 36.3 Å². The van der Waals surface area contributed by atoms with Crippen LogP contribution in [0.3, 0.4) is 0 Å². The van der Waals surface area contributed by atoms with Crippen molar-refractivity contribution in [3.8, 4) is 11.1 Å². The molecule has 0 spiro atoms. The van der Waals surface area contributed by atoms with E-state index >= 15 is 0 Å². The number of amidine groups is 1. The Morgan fingerprint density at radius 1 is 1.18 bits per heavy atom. The van der Waals surface area contributed by atoms with Crippen molar-refractivity contribution >= 4 is 17.6 Å². The van der Waals surface area contributed by atoms with Crippen molar-refractivity contribution in [3.63, 3.8) is 0 Å². The number of nitrogens with zero attached hydrogens (tertiary/aromatic N) is 1. The van der Waals surface area contributed by atoms with E-state index in [-0.39, 0.29) is 22.6 Å². The lowest BCUT2D eigenvalue weighted by Crippen LogP contribution is -2.39. The zero-order valence-corrected chi connectivity index (χ0v) is 17.1. The lowest BCUT2D eigenvalue weighted by molar-refractivity contribution is 0.257. The van der Waals surface area contributed by atoms with Crippen LogP contribution in [-0.4, -0.2) is 46.0 Å². The molecule has 0 radical (unpaired) electrons. The Labute approximate surface area is 170 Å². The number of hydrogen-bond acceptors (Lipinski definition) is 3. The molecule has 1 aliphatic heterocycles. The average molecular weight is 399 g/mol. The normalized spacial score (nSPS) is 24.1. The predicted octanol–water partition coefficient (Wildman–Crippen LogP) is 4.69. The molecule has 2 aromatic carbocycles. The molecule has 1 heterocycles. The first kappa shape index (κ1) is 19.5. The van der Waals surface area contributed by atoms with E-state index in [1.807, 2.05) is 43.3 Å². The molecule has 2 aliphatic rings. The van der Waals surface area contributed by atoms with Crippen LogP contribution in [0.25, 0.3) is 11.1 Å². The van der Waals surface area contributed by atoms with Gasteiger partial charge in [0.2, 0.25) is 0 Å². The summed E-state index contributed by atoms with van der Waals surface area (Å²) in [5.41, 5.74) is 2.52.